The molecule has 0 bridgehead atoms. The fourth-order valence-corrected chi connectivity index (χ4v) is 1.50. The van der Waals surface area contributed by atoms with Gasteiger partial charge in [0.1, 0.15) is 5.76 Å². The van der Waals surface area contributed by atoms with Crippen LogP contribution in [0.2, 0.25) is 0 Å². The van der Waals surface area contributed by atoms with Crippen LogP contribution < -0.4 is 0 Å². The van der Waals surface area contributed by atoms with Crippen molar-refractivity contribution < 1.29 is 9.63 Å². The zero-order valence-corrected chi connectivity index (χ0v) is 7.47. The summed E-state index contributed by atoms with van der Waals surface area (Å²) in [6, 6.07) is 0. The van der Waals surface area contributed by atoms with E-state index in [0.29, 0.717) is 10.5 Å². The first-order valence-electron chi connectivity index (χ1n) is 3.57. The zero-order chi connectivity index (χ0) is 7.84. The average Bonchev–Trinajstić information content (AvgIpc) is 2.76. The maximum Gasteiger partial charge on any atom is 0.155 e. The number of hydrogen-bond acceptors (Lipinski definition) is 3. The Morgan fingerprint density at radius 1 is 1.64 bits per heavy atom. The molecule has 0 aromatic carbocycles. The van der Waals surface area contributed by atoms with Crippen molar-refractivity contribution in [2.75, 3.05) is 0 Å². The number of nitrogens with zero attached hydrogens (tertiary/aromatic N) is 1. The molecular weight excluding hydrogens is 210 g/mol. The van der Waals surface area contributed by atoms with E-state index in [-0.39, 0.29) is 6.61 Å². The lowest BCUT2D eigenvalue weighted by Gasteiger charge is -1.92. The van der Waals surface area contributed by atoms with Gasteiger partial charge in [0.25, 0.3) is 0 Å². The topological polar surface area (TPSA) is 46.3 Å². The second-order valence-electron chi connectivity index (χ2n) is 2.75. The number of aliphatic hydroxyl groups excluding tert-OH is 1. The Balaban J connectivity index is 2.36. The van der Waals surface area contributed by atoms with E-state index in [4.69, 9.17) is 9.63 Å². The van der Waals surface area contributed by atoms with Crippen LogP contribution in [0, 0.1) is 0 Å². The maximum absolute atomic E-state index is 8.93. The second kappa shape index (κ2) is 2.60. The number of aliphatic hydroxyl groups is 1. The van der Waals surface area contributed by atoms with E-state index in [0.717, 1.165) is 24.2 Å². The molecule has 60 valence electrons. The van der Waals surface area contributed by atoms with Gasteiger partial charge in [0.15, 0.2) is 4.60 Å². The highest BCUT2D eigenvalue weighted by atomic mass is 79.9. The van der Waals surface area contributed by atoms with Gasteiger partial charge in [-0.15, -0.1) is 0 Å². The molecular formula is C7H8BrNO2. The van der Waals surface area contributed by atoms with Crippen LogP contribution in [0.15, 0.2) is 9.13 Å². The molecule has 1 saturated carbocycles. The van der Waals surface area contributed by atoms with E-state index >= 15 is 0 Å². The Morgan fingerprint density at radius 3 is 2.91 bits per heavy atom. The standard InChI is InChI=1S/C7H8BrNO2/c8-7-5(3-10)6(11-9-7)4-1-2-4/h4,10H,1-3H2. The highest BCUT2D eigenvalue weighted by Crippen LogP contribution is 2.43. The number of rotatable bonds is 2. The van der Waals surface area contributed by atoms with Crippen molar-refractivity contribution in [2.24, 2.45) is 0 Å². The minimum Gasteiger partial charge on any atom is -0.391 e. The molecule has 1 N–H and O–H groups in total. The minimum atomic E-state index is 0.00984. The lowest BCUT2D eigenvalue weighted by molar-refractivity contribution is 0.276. The van der Waals surface area contributed by atoms with E-state index in [9.17, 15) is 0 Å². The van der Waals surface area contributed by atoms with Gasteiger partial charge in [-0.05, 0) is 28.8 Å². The van der Waals surface area contributed by atoms with Crippen molar-refractivity contribution in [3.63, 3.8) is 0 Å². The molecule has 0 unspecified atom stereocenters. The molecule has 1 fully saturated rings. The van der Waals surface area contributed by atoms with Crippen LogP contribution >= 0.6 is 15.9 Å². The van der Waals surface area contributed by atoms with Crippen LogP contribution in [-0.4, -0.2) is 10.3 Å². The Kier molecular flexibility index (Phi) is 1.73. The Morgan fingerprint density at radius 2 is 2.36 bits per heavy atom. The molecule has 0 saturated heterocycles. The van der Waals surface area contributed by atoms with E-state index in [1.807, 2.05) is 0 Å². The van der Waals surface area contributed by atoms with Crippen molar-refractivity contribution in [1.29, 1.82) is 0 Å². The highest BCUT2D eigenvalue weighted by molar-refractivity contribution is 9.10. The SMILES string of the molecule is OCc1c(Br)noc1C1CC1. The van der Waals surface area contributed by atoms with Gasteiger partial charge in [-0.2, -0.15) is 0 Å². The lowest BCUT2D eigenvalue weighted by atomic mass is 10.2. The summed E-state index contributed by atoms with van der Waals surface area (Å²) >= 11 is 3.21. The fourth-order valence-electron chi connectivity index (χ4n) is 1.11. The van der Waals surface area contributed by atoms with Crippen molar-refractivity contribution in [3.8, 4) is 0 Å². The van der Waals surface area contributed by atoms with Gasteiger partial charge in [-0.1, -0.05) is 5.16 Å². The van der Waals surface area contributed by atoms with Gasteiger partial charge in [-0.3, -0.25) is 0 Å². The van der Waals surface area contributed by atoms with Crippen LogP contribution in [-0.2, 0) is 6.61 Å². The fraction of sp³-hybridized carbons (Fsp3) is 0.571. The molecule has 1 aromatic heterocycles. The van der Waals surface area contributed by atoms with E-state index < -0.39 is 0 Å². The van der Waals surface area contributed by atoms with Crippen LogP contribution in [0.3, 0.4) is 0 Å². The van der Waals surface area contributed by atoms with Crippen LogP contribution in [0.4, 0.5) is 0 Å². The third-order valence-electron chi connectivity index (χ3n) is 1.88. The summed E-state index contributed by atoms with van der Waals surface area (Å²) in [4.78, 5) is 0. The molecule has 0 aliphatic heterocycles. The summed E-state index contributed by atoms with van der Waals surface area (Å²) in [5, 5.41) is 12.7. The smallest absolute Gasteiger partial charge is 0.155 e. The number of halogens is 1. The Labute approximate surface area is 72.5 Å². The summed E-state index contributed by atoms with van der Waals surface area (Å²) in [6.45, 7) is 0.00984. The van der Waals surface area contributed by atoms with Gasteiger partial charge >= 0.3 is 0 Å². The zero-order valence-electron chi connectivity index (χ0n) is 5.88. The number of aromatic nitrogens is 1. The van der Waals surface area contributed by atoms with Crippen molar-refractivity contribution in [2.45, 2.75) is 25.4 Å². The van der Waals surface area contributed by atoms with Gasteiger partial charge < -0.3 is 9.63 Å². The van der Waals surface area contributed by atoms with Crippen molar-refractivity contribution >= 4 is 15.9 Å². The summed E-state index contributed by atoms with van der Waals surface area (Å²) in [6.07, 6.45) is 2.32. The predicted octanol–water partition coefficient (Wildman–Crippen LogP) is 1.81. The van der Waals surface area contributed by atoms with Crippen molar-refractivity contribution in [3.05, 3.63) is 15.9 Å². The molecule has 1 aliphatic carbocycles. The largest absolute Gasteiger partial charge is 0.391 e. The lowest BCUT2D eigenvalue weighted by Crippen LogP contribution is -1.86. The Hall–Kier alpha value is -0.350. The van der Waals surface area contributed by atoms with Crippen molar-refractivity contribution in [1.82, 2.24) is 5.16 Å². The third kappa shape index (κ3) is 1.20. The first-order chi connectivity index (χ1) is 5.33. The van der Waals surface area contributed by atoms with E-state index in [2.05, 4.69) is 21.1 Å². The normalized spacial score (nSPS) is 17.3. The summed E-state index contributed by atoms with van der Waals surface area (Å²) < 4.78 is 5.69. The molecule has 1 heterocycles. The highest BCUT2D eigenvalue weighted by Gasteiger charge is 2.31. The molecule has 11 heavy (non-hydrogen) atoms. The first kappa shape index (κ1) is 7.31. The van der Waals surface area contributed by atoms with Gasteiger partial charge in [0.05, 0.1) is 12.2 Å². The molecule has 3 nitrogen and oxygen atoms in total. The molecule has 0 radical (unpaired) electrons. The summed E-state index contributed by atoms with van der Waals surface area (Å²) in [7, 11) is 0. The molecule has 0 spiro atoms. The molecule has 0 atom stereocenters. The van der Waals surface area contributed by atoms with Gasteiger partial charge in [0.2, 0.25) is 0 Å². The van der Waals surface area contributed by atoms with Crippen LogP contribution in [0.25, 0.3) is 0 Å². The van der Waals surface area contributed by atoms with Crippen LogP contribution in [0.1, 0.15) is 30.1 Å². The predicted molar refractivity (Wildman–Crippen MR) is 42.1 cm³/mol. The average molecular weight is 218 g/mol. The second-order valence-corrected chi connectivity index (χ2v) is 3.50. The quantitative estimate of drug-likeness (QED) is 0.823. The third-order valence-corrected chi connectivity index (χ3v) is 2.50. The molecule has 1 aliphatic rings. The van der Waals surface area contributed by atoms with E-state index in [1.54, 1.807) is 0 Å². The molecule has 1 aromatic rings. The summed E-state index contributed by atoms with van der Waals surface area (Å²) in [5.74, 6) is 1.37. The van der Waals surface area contributed by atoms with Gasteiger partial charge in [-0.25, -0.2) is 0 Å². The van der Waals surface area contributed by atoms with Crippen LogP contribution in [0.5, 0.6) is 0 Å². The Bertz CT molecular complexity index is 267. The molecule has 0 amide bonds. The first-order valence-corrected chi connectivity index (χ1v) is 4.37. The molecule has 4 heteroatoms. The molecule has 2 rings (SSSR count). The van der Waals surface area contributed by atoms with E-state index in [1.165, 1.54) is 0 Å². The number of hydrogen-bond donors (Lipinski definition) is 1. The summed E-state index contributed by atoms with van der Waals surface area (Å²) in [5.41, 5.74) is 0.813. The van der Waals surface area contributed by atoms with Gasteiger partial charge in [0, 0.05) is 5.92 Å². The maximum atomic E-state index is 8.93. The minimum absolute atomic E-state index is 0.00984. The monoisotopic (exact) mass is 217 g/mol.